The van der Waals surface area contributed by atoms with Gasteiger partial charge in [0.05, 0.1) is 17.9 Å². The number of anilines is 1. The van der Waals surface area contributed by atoms with Gasteiger partial charge in [0.1, 0.15) is 5.82 Å². The fraction of sp³-hybridized carbons (Fsp3) is 0.462. The Morgan fingerprint density at radius 2 is 2.22 bits per heavy atom. The quantitative estimate of drug-likeness (QED) is 0.701. The lowest BCUT2D eigenvalue weighted by atomic mass is 10.2. The van der Waals surface area contributed by atoms with E-state index in [0.29, 0.717) is 25.4 Å². The highest BCUT2D eigenvalue weighted by Gasteiger charge is 2.07. The van der Waals surface area contributed by atoms with Gasteiger partial charge in [-0.1, -0.05) is 13.3 Å². The van der Waals surface area contributed by atoms with Crippen LogP contribution in [0, 0.1) is 5.82 Å². The van der Waals surface area contributed by atoms with Crippen molar-refractivity contribution in [1.82, 2.24) is 0 Å². The van der Waals surface area contributed by atoms with Crippen LogP contribution in [0.4, 0.5) is 10.1 Å². The average Bonchev–Trinajstić information content (AvgIpc) is 2.35. The van der Waals surface area contributed by atoms with E-state index in [9.17, 15) is 9.18 Å². The number of hydrogen-bond donors (Lipinski definition) is 2. The van der Waals surface area contributed by atoms with Gasteiger partial charge < -0.3 is 15.2 Å². The zero-order valence-corrected chi connectivity index (χ0v) is 10.4. The van der Waals surface area contributed by atoms with Gasteiger partial charge in [0.25, 0.3) is 0 Å². The van der Waals surface area contributed by atoms with Gasteiger partial charge >= 0.3 is 5.97 Å². The third-order valence-electron chi connectivity index (χ3n) is 2.42. The Balaban J connectivity index is 2.36. The third-order valence-corrected chi connectivity index (χ3v) is 2.42. The molecule has 0 heterocycles. The number of aromatic carboxylic acids is 1. The summed E-state index contributed by atoms with van der Waals surface area (Å²) in [7, 11) is 0. The Morgan fingerprint density at radius 3 is 2.83 bits per heavy atom. The molecule has 100 valence electrons. The van der Waals surface area contributed by atoms with E-state index in [1.165, 1.54) is 12.1 Å². The maximum atomic E-state index is 13.5. The zero-order chi connectivity index (χ0) is 13.4. The molecule has 1 aromatic rings. The summed E-state index contributed by atoms with van der Waals surface area (Å²) in [5, 5.41) is 11.6. The minimum Gasteiger partial charge on any atom is -0.478 e. The molecule has 0 unspecified atom stereocenters. The van der Waals surface area contributed by atoms with Gasteiger partial charge in [0.2, 0.25) is 0 Å². The van der Waals surface area contributed by atoms with Crippen LogP contribution in [0.2, 0.25) is 0 Å². The fourth-order valence-electron chi connectivity index (χ4n) is 1.40. The summed E-state index contributed by atoms with van der Waals surface area (Å²) in [6, 6.07) is 3.79. The Labute approximate surface area is 106 Å². The van der Waals surface area contributed by atoms with Gasteiger partial charge in [-0.3, -0.25) is 0 Å². The van der Waals surface area contributed by atoms with Crippen molar-refractivity contribution in [3.05, 3.63) is 29.6 Å². The second-order valence-electron chi connectivity index (χ2n) is 3.89. The second-order valence-corrected chi connectivity index (χ2v) is 3.89. The number of unbranched alkanes of at least 4 members (excludes halogenated alkanes) is 1. The molecular formula is C13H18FNO3. The van der Waals surface area contributed by atoms with Gasteiger partial charge in [-0.15, -0.1) is 0 Å². The number of benzene rings is 1. The third kappa shape index (κ3) is 4.71. The largest absolute Gasteiger partial charge is 0.478 e. The van der Waals surface area contributed by atoms with Gasteiger partial charge in [-0.2, -0.15) is 0 Å². The summed E-state index contributed by atoms with van der Waals surface area (Å²) in [5.74, 6) is -1.70. The highest BCUT2D eigenvalue weighted by Crippen LogP contribution is 2.15. The number of hydrogen-bond acceptors (Lipinski definition) is 3. The van der Waals surface area contributed by atoms with E-state index < -0.39 is 11.8 Å². The Bertz CT molecular complexity index is 396. The Kier molecular flexibility index (Phi) is 6.14. The predicted molar refractivity (Wildman–Crippen MR) is 67.6 cm³/mol. The minimum atomic E-state index is -1.14. The fourth-order valence-corrected chi connectivity index (χ4v) is 1.40. The molecule has 0 spiro atoms. The topological polar surface area (TPSA) is 58.6 Å². The van der Waals surface area contributed by atoms with Crippen LogP contribution in [-0.4, -0.2) is 30.8 Å². The molecule has 1 rings (SSSR count). The van der Waals surface area contributed by atoms with E-state index in [0.717, 1.165) is 18.9 Å². The summed E-state index contributed by atoms with van der Waals surface area (Å²) in [6.45, 7) is 3.78. The van der Waals surface area contributed by atoms with Crippen molar-refractivity contribution in [3.8, 4) is 0 Å². The molecular weight excluding hydrogens is 237 g/mol. The van der Waals surface area contributed by atoms with Crippen LogP contribution in [0.3, 0.4) is 0 Å². The summed E-state index contributed by atoms with van der Waals surface area (Å²) in [4.78, 5) is 10.6. The molecule has 0 aromatic heterocycles. The second kappa shape index (κ2) is 7.66. The lowest BCUT2D eigenvalue weighted by molar-refractivity contribution is 0.0696. The van der Waals surface area contributed by atoms with Crippen LogP contribution in [-0.2, 0) is 4.74 Å². The first-order valence-electron chi connectivity index (χ1n) is 5.99. The molecule has 1 aromatic carbocycles. The summed E-state index contributed by atoms with van der Waals surface area (Å²) in [5.41, 5.74) is 0.233. The van der Waals surface area contributed by atoms with E-state index in [2.05, 4.69) is 12.2 Å². The van der Waals surface area contributed by atoms with E-state index >= 15 is 0 Å². The van der Waals surface area contributed by atoms with Gasteiger partial charge in [0, 0.05) is 13.2 Å². The van der Waals surface area contributed by atoms with Gasteiger partial charge in [-0.25, -0.2) is 9.18 Å². The number of carbonyl (C=O) groups is 1. The maximum absolute atomic E-state index is 13.5. The predicted octanol–water partition coefficient (Wildman–Crippen LogP) is 2.75. The summed E-state index contributed by atoms with van der Waals surface area (Å²) >= 11 is 0. The van der Waals surface area contributed by atoms with E-state index in [1.807, 2.05) is 0 Å². The maximum Gasteiger partial charge on any atom is 0.335 e. The molecule has 18 heavy (non-hydrogen) atoms. The lowest BCUT2D eigenvalue weighted by Gasteiger charge is -2.08. The Hall–Kier alpha value is -1.62. The highest BCUT2D eigenvalue weighted by atomic mass is 19.1. The van der Waals surface area contributed by atoms with E-state index in [4.69, 9.17) is 9.84 Å². The van der Waals surface area contributed by atoms with Crippen molar-refractivity contribution >= 4 is 11.7 Å². The smallest absolute Gasteiger partial charge is 0.335 e. The molecule has 4 nitrogen and oxygen atoms in total. The number of ether oxygens (including phenoxy) is 1. The minimum absolute atomic E-state index is 0.0581. The molecule has 0 aliphatic rings. The first-order valence-corrected chi connectivity index (χ1v) is 5.99. The standard InChI is InChI=1S/C13H18FNO3/c1-2-3-7-18-8-6-15-12-5-4-10(13(16)17)9-11(12)14/h4-5,9,15H,2-3,6-8H2,1H3,(H,16,17). The zero-order valence-electron chi connectivity index (χ0n) is 10.4. The van der Waals surface area contributed by atoms with Crippen molar-refractivity contribution in [2.24, 2.45) is 0 Å². The molecule has 0 saturated heterocycles. The molecule has 0 radical (unpaired) electrons. The molecule has 5 heteroatoms. The molecule has 0 atom stereocenters. The normalized spacial score (nSPS) is 10.3. The van der Waals surface area contributed by atoms with Gasteiger partial charge in [-0.05, 0) is 24.6 Å². The molecule has 0 aliphatic heterocycles. The van der Waals surface area contributed by atoms with Crippen molar-refractivity contribution in [1.29, 1.82) is 0 Å². The Morgan fingerprint density at radius 1 is 1.44 bits per heavy atom. The molecule has 0 saturated carbocycles. The number of halogens is 1. The monoisotopic (exact) mass is 255 g/mol. The first-order chi connectivity index (χ1) is 8.65. The summed E-state index contributed by atoms with van der Waals surface area (Å²) < 4.78 is 18.8. The van der Waals surface area contributed by atoms with E-state index in [1.54, 1.807) is 0 Å². The highest BCUT2D eigenvalue weighted by molar-refractivity contribution is 5.88. The molecule has 2 N–H and O–H groups in total. The number of rotatable bonds is 8. The van der Waals surface area contributed by atoms with Crippen LogP contribution >= 0.6 is 0 Å². The number of carboxylic acid groups (broad SMARTS) is 1. The molecule has 0 fully saturated rings. The van der Waals surface area contributed by atoms with Crippen molar-refractivity contribution in [2.75, 3.05) is 25.1 Å². The van der Waals surface area contributed by atoms with Crippen molar-refractivity contribution < 1.29 is 19.0 Å². The van der Waals surface area contributed by atoms with E-state index in [-0.39, 0.29) is 5.56 Å². The van der Waals surface area contributed by atoms with Crippen LogP contribution in [0.15, 0.2) is 18.2 Å². The van der Waals surface area contributed by atoms with Crippen molar-refractivity contribution in [2.45, 2.75) is 19.8 Å². The summed E-state index contributed by atoms with van der Waals surface area (Å²) in [6.07, 6.45) is 2.10. The van der Waals surface area contributed by atoms with Crippen molar-refractivity contribution in [3.63, 3.8) is 0 Å². The first kappa shape index (κ1) is 14.4. The average molecular weight is 255 g/mol. The SMILES string of the molecule is CCCCOCCNc1ccc(C(=O)O)cc1F. The van der Waals surface area contributed by atoms with Crippen LogP contribution in [0.5, 0.6) is 0 Å². The number of carboxylic acids is 1. The van der Waals surface area contributed by atoms with Crippen LogP contribution in [0.1, 0.15) is 30.1 Å². The van der Waals surface area contributed by atoms with Gasteiger partial charge in [0.15, 0.2) is 0 Å². The molecule has 0 amide bonds. The van der Waals surface area contributed by atoms with Crippen LogP contribution in [0.25, 0.3) is 0 Å². The lowest BCUT2D eigenvalue weighted by Crippen LogP contribution is -2.11. The number of nitrogens with one attached hydrogen (secondary N) is 1. The van der Waals surface area contributed by atoms with Crippen LogP contribution < -0.4 is 5.32 Å². The molecule has 0 aliphatic carbocycles. The molecule has 0 bridgehead atoms.